The largest absolute Gasteiger partial charge is 0.484 e. The van der Waals surface area contributed by atoms with Crippen LogP contribution in [-0.4, -0.2) is 17.5 Å². The summed E-state index contributed by atoms with van der Waals surface area (Å²) in [5.74, 6) is -1.35. The van der Waals surface area contributed by atoms with Crippen molar-refractivity contribution in [3.63, 3.8) is 0 Å². The molecular weight excluding hydrogens is 390 g/mol. The van der Waals surface area contributed by atoms with Crippen LogP contribution in [0.1, 0.15) is 0 Å². The zero-order chi connectivity index (χ0) is 16.4. The van der Waals surface area contributed by atoms with Crippen LogP contribution in [0.15, 0.2) is 40.9 Å². The number of ether oxygens (including phenoxy) is 1. The van der Waals surface area contributed by atoms with Crippen LogP contribution >= 0.6 is 27.3 Å². The molecule has 0 radical (unpaired) electrons. The van der Waals surface area contributed by atoms with E-state index in [1.54, 1.807) is 18.2 Å². The summed E-state index contributed by atoms with van der Waals surface area (Å²) >= 11 is 4.29. The predicted octanol–water partition coefficient (Wildman–Crippen LogP) is 4.35. The molecule has 0 unspecified atom stereocenters. The van der Waals surface area contributed by atoms with Crippen molar-refractivity contribution in [2.45, 2.75) is 0 Å². The molecule has 4 nitrogen and oxygen atoms in total. The molecule has 0 aliphatic rings. The maximum atomic E-state index is 13.6. The van der Waals surface area contributed by atoms with Gasteiger partial charge in [0.25, 0.3) is 5.91 Å². The van der Waals surface area contributed by atoms with Crippen molar-refractivity contribution >= 4 is 48.5 Å². The molecule has 3 rings (SSSR count). The number of hydrogen-bond donors (Lipinski definition) is 1. The standard InChI is InChI=1S/C15H9BrF2N2O2S/c16-8-2-1-3-10(4-8)22-7-13(21)19-15-20-14-11(18)5-9(17)6-12(14)23-15/h1-6H,7H2,(H,19,20,21). The molecule has 0 saturated heterocycles. The van der Waals surface area contributed by atoms with E-state index in [-0.39, 0.29) is 17.3 Å². The third kappa shape index (κ3) is 3.83. The average molecular weight is 399 g/mol. The van der Waals surface area contributed by atoms with Crippen LogP contribution in [0.2, 0.25) is 0 Å². The highest BCUT2D eigenvalue weighted by molar-refractivity contribution is 9.10. The molecule has 8 heteroatoms. The van der Waals surface area contributed by atoms with Crippen LogP contribution in [0.4, 0.5) is 13.9 Å². The number of amides is 1. The van der Waals surface area contributed by atoms with Gasteiger partial charge in [0.15, 0.2) is 17.6 Å². The zero-order valence-electron chi connectivity index (χ0n) is 11.5. The average Bonchev–Trinajstić information content (AvgIpc) is 2.88. The number of anilines is 1. The normalized spacial score (nSPS) is 10.7. The number of nitrogens with zero attached hydrogens (tertiary/aromatic N) is 1. The first-order chi connectivity index (χ1) is 11.0. The SMILES string of the molecule is O=C(COc1cccc(Br)c1)Nc1nc2c(F)cc(F)cc2s1. The van der Waals surface area contributed by atoms with Gasteiger partial charge >= 0.3 is 0 Å². The van der Waals surface area contributed by atoms with E-state index in [4.69, 9.17) is 4.74 Å². The lowest BCUT2D eigenvalue weighted by Crippen LogP contribution is -2.20. The minimum absolute atomic E-state index is 0.0274. The number of fused-ring (bicyclic) bond motifs is 1. The summed E-state index contributed by atoms with van der Waals surface area (Å²) in [7, 11) is 0. The molecule has 1 N–H and O–H groups in total. The highest BCUT2D eigenvalue weighted by atomic mass is 79.9. The highest BCUT2D eigenvalue weighted by Gasteiger charge is 2.12. The Labute approximate surface area is 142 Å². The molecule has 0 fully saturated rings. The second-order valence-corrected chi connectivity index (χ2v) is 6.49. The predicted molar refractivity (Wildman–Crippen MR) is 87.8 cm³/mol. The van der Waals surface area contributed by atoms with Crippen molar-refractivity contribution in [2.24, 2.45) is 0 Å². The van der Waals surface area contributed by atoms with E-state index in [0.29, 0.717) is 10.4 Å². The Morgan fingerprint density at radius 2 is 2.13 bits per heavy atom. The van der Waals surface area contributed by atoms with Crippen molar-refractivity contribution < 1.29 is 18.3 Å². The minimum Gasteiger partial charge on any atom is -0.484 e. The highest BCUT2D eigenvalue weighted by Crippen LogP contribution is 2.28. The Morgan fingerprint density at radius 1 is 1.30 bits per heavy atom. The van der Waals surface area contributed by atoms with E-state index in [9.17, 15) is 13.6 Å². The fourth-order valence-electron chi connectivity index (χ4n) is 1.87. The molecule has 0 aliphatic heterocycles. The second-order valence-electron chi connectivity index (χ2n) is 4.55. The monoisotopic (exact) mass is 398 g/mol. The molecule has 23 heavy (non-hydrogen) atoms. The number of nitrogens with one attached hydrogen (secondary N) is 1. The smallest absolute Gasteiger partial charge is 0.264 e. The summed E-state index contributed by atoms with van der Waals surface area (Å²) in [5.41, 5.74) is 0.0274. The number of rotatable bonds is 4. The Kier molecular flexibility index (Phi) is 4.53. The quantitative estimate of drug-likeness (QED) is 0.710. The van der Waals surface area contributed by atoms with Crippen molar-refractivity contribution in [1.29, 1.82) is 0 Å². The molecule has 0 saturated carbocycles. The van der Waals surface area contributed by atoms with Gasteiger partial charge in [-0.15, -0.1) is 0 Å². The van der Waals surface area contributed by atoms with Crippen molar-refractivity contribution in [3.05, 3.63) is 52.5 Å². The molecule has 0 bridgehead atoms. The Bertz CT molecular complexity index is 885. The first kappa shape index (κ1) is 15.8. The summed E-state index contributed by atoms with van der Waals surface area (Å²) in [6, 6.07) is 8.98. The van der Waals surface area contributed by atoms with Gasteiger partial charge in [-0.25, -0.2) is 13.8 Å². The summed E-state index contributed by atoms with van der Waals surface area (Å²) in [6.07, 6.45) is 0. The number of carbonyl (C=O) groups excluding carboxylic acids is 1. The third-order valence-electron chi connectivity index (χ3n) is 2.83. The van der Waals surface area contributed by atoms with Crippen molar-refractivity contribution in [3.8, 4) is 5.75 Å². The molecule has 1 aromatic heterocycles. The number of benzene rings is 2. The molecule has 1 heterocycles. The van der Waals surface area contributed by atoms with Crippen LogP contribution in [-0.2, 0) is 4.79 Å². The van der Waals surface area contributed by atoms with E-state index in [0.717, 1.165) is 21.9 Å². The number of aromatic nitrogens is 1. The first-order valence-electron chi connectivity index (χ1n) is 6.45. The topological polar surface area (TPSA) is 51.2 Å². The second kappa shape index (κ2) is 6.59. The number of halogens is 3. The molecule has 0 atom stereocenters. The number of carbonyl (C=O) groups is 1. The zero-order valence-corrected chi connectivity index (χ0v) is 13.9. The fourth-order valence-corrected chi connectivity index (χ4v) is 3.17. The van der Waals surface area contributed by atoms with Crippen LogP contribution in [0.25, 0.3) is 10.2 Å². The van der Waals surface area contributed by atoms with E-state index in [2.05, 4.69) is 26.2 Å². The van der Waals surface area contributed by atoms with Gasteiger partial charge in [0.05, 0.1) is 4.70 Å². The van der Waals surface area contributed by atoms with E-state index in [1.807, 2.05) is 6.07 Å². The fraction of sp³-hybridized carbons (Fsp3) is 0.0667. The summed E-state index contributed by atoms with van der Waals surface area (Å²) < 4.78 is 33.2. The molecular formula is C15H9BrF2N2O2S. The number of thiazole rings is 1. The van der Waals surface area contributed by atoms with Gasteiger partial charge in [-0.1, -0.05) is 33.3 Å². The molecule has 118 valence electrons. The van der Waals surface area contributed by atoms with E-state index >= 15 is 0 Å². The summed E-state index contributed by atoms with van der Waals surface area (Å²) in [4.78, 5) is 15.8. The molecule has 3 aromatic rings. The molecule has 0 spiro atoms. The summed E-state index contributed by atoms with van der Waals surface area (Å²) in [6.45, 7) is -0.219. The van der Waals surface area contributed by atoms with Crippen molar-refractivity contribution in [2.75, 3.05) is 11.9 Å². The maximum Gasteiger partial charge on any atom is 0.264 e. The molecule has 0 aliphatic carbocycles. The van der Waals surface area contributed by atoms with Crippen molar-refractivity contribution in [1.82, 2.24) is 4.98 Å². The first-order valence-corrected chi connectivity index (χ1v) is 8.06. The lowest BCUT2D eigenvalue weighted by Gasteiger charge is -2.05. The van der Waals surface area contributed by atoms with Crippen LogP contribution in [0, 0.1) is 11.6 Å². The van der Waals surface area contributed by atoms with Gasteiger partial charge < -0.3 is 4.74 Å². The van der Waals surface area contributed by atoms with Gasteiger partial charge in [-0.3, -0.25) is 10.1 Å². The molecule has 2 aromatic carbocycles. The van der Waals surface area contributed by atoms with Gasteiger partial charge in [0.1, 0.15) is 17.1 Å². The van der Waals surface area contributed by atoms with E-state index < -0.39 is 17.5 Å². The van der Waals surface area contributed by atoms with Crippen LogP contribution in [0.3, 0.4) is 0 Å². The Hall–Kier alpha value is -2.06. The lowest BCUT2D eigenvalue weighted by molar-refractivity contribution is -0.118. The minimum atomic E-state index is -0.762. The van der Waals surface area contributed by atoms with E-state index in [1.165, 1.54) is 6.07 Å². The molecule has 1 amide bonds. The Morgan fingerprint density at radius 3 is 2.91 bits per heavy atom. The lowest BCUT2D eigenvalue weighted by atomic mass is 10.3. The maximum absolute atomic E-state index is 13.6. The number of hydrogen-bond acceptors (Lipinski definition) is 4. The summed E-state index contributed by atoms with van der Waals surface area (Å²) in [5, 5.41) is 2.69. The Balaban J connectivity index is 1.67. The van der Waals surface area contributed by atoms with Gasteiger partial charge in [-0.05, 0) is 24.3 Å². The van der Waals surface area contributed by atoms with Gasteiger partial charge in [0, 0.05) is 10.5 Å². The van der Waals surface area contributed by atoms with Gasteiger partial charge in [0.2, 0.25) is 0 Å². The van der Waals surface area contributed by atoms with Crippen LogP contribution < -0.4 is 10.1 Å². The van der Waals surface area contributed by atoms with Gasteiger partial charge in [-0.2, -0.15) is 0 Å². The van der Waals surface area contributed by atoms with Crippen LogP contribution in [0.5, 0.6) is 5.75 Å². The third-order valence-corrected chi connectivity index (χ3v) is 4.24.